The Morgan fingerprint density at radius 1 is 1.04 bits per heavy atom. The molecule has 0 bridgehead atoms. The molecule has 1 atom stereocenters. The molecule has 4 heteroatoms. The van der Waals surface area contributed by atoms with Crippen LogP contribution in [0.3, 0.4) is 0 Å². The third-order valence-electron chi connectivity index (χ3n) is 5.03. The average molecular weight is 355 g/mol. The first-order valence-electron chi connectivity index (χ1n) is 9.44. The lowest BCUT2D eigenvalue weighted by Crippen LogP contribution is -2.41. The number of β-amino-alcohol motifs (C(OH)–C–C–N with tert-alkyl or cyclic N) is 1. The van der Waals surface area contributed by atoms with Crippen molar-refractivity contribution < 1.29 is 14.6 Å². The van der Waals surface area contributed by atoms with E-state index in [9.17, 15) is 5.11 Å². The Morgan fingerprint density at radius 2 is 1.77 bits per heavy atom. The summed E-state index contributed by atoms with van der Waals surface area (Å²) in [7, 11) is 1.63. The maximum absolute atomic E-state index is 10.3. The number of benzene rings is 2. The highest BCUT2D eigenvalue weighted by molar-refractivity contribution is 5.32. The summed E-state index contributed by atoms with van der Waals surface area (Å²) < 4.78 is 10.9. The van der Waals surface area contributed by atoms with Gasteiger partial charge in [0, 0.05) is 12.6 Å². The van der Waals surface area contributed by atoms with E-state index < -0.39 is 6.10 Å². The fourth-order valence-corrected chi connectivity index (χ4v) is 3.55. The van der Waals surface area contributed by atoms with Crippen LogP contribution in [-0.2, 0) is 6.42 Å². The van der Waals surface area contributed by atoms with E-state index in [1.165, 1.54) is 18.4 Å². The standard InChI is InChI=1S/C22H29NO3/c1-25-21-8-5-9-22(15-21)26-17-20(24)16-23-12-10-19(11-13-23)14-18-6-3-2-4-7-18/h2-9,15,19-20,24H,10-14,16-17H2,1H3/t20-/m0/s1. The molecule has 1 aliphatic heterocycles. The summed E-state index contributed by atoms with van der Waals surface area (Å²) in [5.41, 5.74) is 1.43. The van der Waals surface area contributed by atoms with Crippen LogP contribution in [0, 0.1) is 5.92 Å². The van der Waals surface area contributed by atoms with Gasteiger partial charge in [0.2, 0.25) is 0 Å². The Labute approximate surface area is 156 Å². The first-order chi connectivity index (χ1) is 12.7. The van der Waals surface area contributed by atoms with Crippen molar-refractivity contribution in [2.45, 2.75) is 25.4 Å². The number of methoxy groups -OCH3 is 1. The Morgan fingerprint density at radius 3 is 2.50 bits per heavy atom. The van der Waals surface area contributed by atoms with Crippen LogP contribution < -0.4 is 9.47 Å². The van der Waals surface area contributed by atoms with E-state index >= 15 is 0 Å². The lowest BCUT2D eigenvalue weighted by Gasteiger charge is -2.33. The first-order valence-corrected chi connectivity index (χ1v) is 9.44. The van der Waals surface area contributed by atoms with Gasteiger partial charge in [-0.3, -0.25) is 0 Å². The largest absolute Gasteiger partial charge is 0.497 e. The molecule has 2 aromatic rings. The van der Waals surface area contributed by atoms with Gasteiger partial charge in [-0.15, -0.1) is 0 Å². The van der Waals surface area contributed by atoms with Crippen LogP contribution in [0.2, 0.25) is 0 Å². The number of hydrogen-bond donors (Lipinski definition) is 1. The molecule has 140 valence electrons. The van der Waals surface area contributed by atoms with E-state index in [4.69, 9.17) is 9.47 Å². The van der Waals surface area contributed by atoms with Crippen LogP contribution in [0.25, 0.3) is 0 Å². The Balaban J connectivity index is 1.37. The van der Waals surface area contributed by atoms with E-state index in [0.29, 0.717) is 13.2 Å². The molecule has 0 spiro atoms. The molecule has 2 aromatic carbocycles. The Hall–Kier alpha value is -2.04. The van der Waals surface area contributed by atoms with E-state index in [1.54, 1.807) is 7.11 Å². The van der Waals surface area contributed by atoms with Gasteiger partial charge in [0.25, 0.3) is 0 Å². The van der Waals surface area contributed by atoms with Gasteiger partial charge in [-0.25, -0.2) is 0 Å². The first kappa shape index (κ1) is 18.7. The topological polar surface area (TPSA) is 41.9 Å². The van der Waals surface area contributed by atoms with Crippen LogP contribution >= 0.6 is 0 Å². The minimum atomic E-state index is -0.480. The summed E-state index contributed by atoms with van der Waals surface area (Å²) >= 11 is 0. The predicted octanol–water partition coefficient (Wildman–Crippen LogP) is 3.39. The number of aliphatic hydroxyl groups is 1. The second kappa shape index (κ2) is 9.60. The van der Waals surface area contributed by atoms with Gasteiger partial charge in [-0.1, -0.05) is 36.4 Å². The van der Waals surface area contributed by atoms with Crippen molar-refractivity contribution in [2.24, 2.45) is 5.92 Å². The van der Waals surface area contributed by atoms with Gasteiger partial charge in [-0.05, 0) is 56.0 Å². The van der Waals surface area contributed by atoms with Crippen LogP contribution in [0.4, 0.5) is 0 Å². The highest BCUT2D eigenvalue weighted by atomic mass is 16.5. The predicted molar refractivity (Wildman–Crippen MR) is 104 cm³/mol. The molecular formula is C22H29NO3. The van der Waals surface area contributed by atoms with E-state index in [1.807, 2.05) is 24.3 Å². The third-order valence-corrected chi connectivity index (χ3v) is 5.03. The molecule has 0 radical (unpaired) electrons. The second-order valence-electron chi connectivity index (χ2n) is 7.08. The van der Waals surface area contributed by atoms with Gasteiger partial charge < -0.3 is 19.5 Å². The van der Waals surface area contributed by atoms with Crippen molar-refractivity contribution in [1.29, 1.82) is 0 Å². The number of rotatable bonds is 8. The van der Waals surface area contributed by atoms with Crippen molar-refractivity contribution >= 4 is 0 Å². The van der Waals surface area contributed by atoms with E-state index in [0.717, 1.165) is 36.9 Å². The molecule has 1 heterocycles. The summed E-state index contributed by atoms with van der Waals surface area (Å²) in [5.74, 6) is 2.24. The molecule has 26 heavy (non-hydrogen) atoms. The highest BCUT2D eigenvalue weighted by Crippen LogP contribution is 2.22. The maximum atomic E-state index is 10.3. The lowest BCUT2D eigenvalue weighted by atomic mass is 9.90. The molecule has 0 amide bonds. The summed E-state index contributed by atoms with van der Waals surface area (Å²) in [6, 6.07) is 18.2. The summed E-state index contributed by atoms with van der Waals surface area (Å²) in [5, 5.41) is 10.3. The SMILES string of the molecule is COc1cccc(OC[C@@H](O)CN2CCC(Cc3ccccc3)CC2)c1. The maximum Gasteiger partial charge on any atom is 0.123 e. The van der Waals surface area contributed by atoms with E-state index in [2.05, 4.69) is 35.2 Å². The molecule has 0 saturated carbocycles. The number of piperidine rings is 1. The van der Waals surface area contributed by atoms with Gasteiger partial charge in [-0.2, -0.15) is 0 Å². The molecular weight excluding hydrogens is 326 g/mol. The monoisotopic (exact) mass is 355 g/mol. The zero-order valence-corrected chi connectivity index (χ0v) is 15.5. The van der Waals surface area contributed by atoms with Crippen molar-refractivity contribution in [1.82, 2.24) is 4.90 Å². The highest BCUT2D eigenvalue weighted by Gasteiger charge is 2.21. The Kier molecular flexibility index (Phi) is 6.92. The quantitative estimate of drug-likeness (QED) is 0.788. The van der Waals surface area contributed by atoms with E-state index in [-0.39, 0.29) is 0 Å². The molecule has 0 aromatic heterocycles. The lowest BCUT2D eigenvalue weighted by molar-refractivity contribution is 0.0550. The molecule has 1 N–H and O–H groups in total. The van der Waals surface area contributed by atoms with Crippen LogP contribution in [0.15, 0.2) is 54.6 Å². The molecule has 3 rings (SSSR count). The van der Waals surface area contributed by atoms with Gasteiger partial charge in [0.05, 0.1) is 7.11 Å². The number of likely N-dealkylation sites (tertiary alicyclic amines) is 1. The number of nitrogens with zero attached hydrogens (tertiary/aromatic N) is 1. The average Bonchev–Trinajstić information content (AvgIpc) is 2.69. The Bertz CT molecular complexity index is 653. The molecule has 1 saturated heterocycles. The zero-order valence-electron chi connectivity index (χ0n) is 15.5. The summed E-state index contributed by atoms with van der Waals surface area (Å²) in [4.78, 5) is 2.35. The van der Waals surface area contributed by atoms with Crippen molar-refractivity contribution in [2.75, 3.05) is 33.4 Å². The minimum Gasteiger partial charge on any atom is -0.497 e. The smallest absolute Gasteiger partial charge is 0.123 e. The van der Waals surface area contributed by atoms with Crippen LogP contribution in [-0.4, -0.2) is 49.5 Å². The number of aliphatic hydroxyl groups excluding tert-OH is 1. The number of ether oxygens (including phenoxy) is 2. The minimum absolute atomic E-state index is 0.303. The molecule has 4 nitrogen and oxygen atoms in total. The third kappa shape index (κ3) is 5.75. The zero-order chi connectivity index (χ0) is 18.2. The van der Waals surface area contributed by atoms with Crippen LogP contribution in [0.1, 0.15) is 18.4 Å². The summed E-state index contributed by atoms with van der Waals surface area (Å²) in [6.07, 6.45) is 3.07. The van der Waals surface area contributed by atoms with Gasteiger partial charge in [0.1, 0.15) is 24.2 Å². The second-order valence-corrected chi connectivity index (χ2v) is 7.08. The van der Waals surface area contributed by atoms with Gasteiger partial charge in [0.15, 0.2) is 0 Å². The molecule has 1 fully saturated rings. The number of hydrogen-bond acceptors (Lipinski definition) is 4. The molecule has 0 unspecified atom stereocenters. The van der Waals surface area contributed by atoms with Crippen molar-refractivity contribution in [3.63, 3.8) is 0 Å². The van der Waals surface area contributed by atoms with Crippen molar-refractivity contribution in [3.05, 3.63) is 60.2 Å². The van der Waals surface area contributed by atoms with Crippen molar-refractivity contribution in [3.8, 4) is 11.5 Å². The fourth-order valence-electron chi connectivity index (χ4n) is 3.55. The summed E-state index contributed by atoms with van der Waals surface area (Å²) in [6.45, 7) is 3.07. The van der Waals surface area contributed by atoms with Crippen LogP contribution in [0.5, 0.6) is 11.5 Å². The molecule has 0 aliphatic carbocycles. The normalized spacial score (nSPS) is 17.0. The van der Waals surface area contributed by atoms with Gasteiger partial charge >= 0.3 is 0 Å². The molecule has 1 aliphatic rings. The fraction of sp³-hybridized carbons (Fsp3) is 0.455.